The van der Waals surface area contributed by atoms with E-state index in [1.165, 1.54) is 12.8 Å². The first-order valence-electron chi connectivity index (χ1n) is 4.56. The first-order chi connectivity index (χ1) is 6.33. The second-order valence-corrected chi connectivity index (χ2v) is 3.49. The summed E-state index contributed by atoms with van der Waals surface area (Å²) in [5.74, 6) is 0.809. The summed E-state index contributed by atoms with van der Waals surface area (Å²) in [5.41, 5.74) is 7.04. The van der Waals surface area contributed by atoms with Crippen molar-refractivity contribution in [2.45, 2.75) is 31.6 Å². The predicted molar refractivity (Wildman–Crippen MR) is 48.9 cm³/mol. The third-order valence-corrected chi connectivity index (χ3v) is 2.70. The maximum atomic E-state index is 8.86. The number of nitriles is 1. The molecule has 1 aliphatic rings. The zero-order chi connectivity index (χ0) is 9.26. The van der Waals surface area contributed by atoms with Gasteiger partial charge in [-0.3, -0.25) is 5.10 Å². The normalized spacial score (nSPS) is 17.5. The second kappa shape index (κ2) is 3.09. The van der Waals surface area contributed by atoms with Crippen molar-refractivity contribution in [3.05, 3.63) is 11.3 Å². The van der Waals surface area contributed by atoms with Gasteiger partial charge in [-0.15, -0.1) is 0 Å². The van der Waals surface area contributed by atoms with Gasteiger partial charge in [-0.25, -0.2) is 0 Å². The van der Waals surface area contributed by atoms with Gasteiger partial charge in [0.15, 0.2) is 5.82 Å². The maximum absolute atomic E-state index is 8.86. The lowest BCUT2D eigenvalue weighted by molar-refractivity contribution is 0.691. The Morgan fingerprint density at radius 1 is 1.46 bits per heavy atom. The fraction of sp³-hybridized carbons (Fsp3) is 0.556. The molecule has 0 radical (unpaired) electrons. The van der Waals surface area contributed by atoms with Crippen molar-refractivity contribution in [2.24, 2.45) is 0 Å². The van der Waals surface area contributed by atoms with Crippen molar-refractivity contribution in [2.75, 3.05) is 5.73 Å². The first-order valence-corrected chi connectivity index (χ1v) is 4.56. The van der Waals surface area contributed by atoms with Crippen LogP contribution in [0.2, 0.25) is 0 Å². The SMILES string of the molecule is N#Cc1c(N)n[nH]c1C1CCCC1. The van der Waals surface area contributed by atoms with Gasteiger partial charge in [0.05, 0.1) is 5.69 Å². The van der Waals surface area contributed by atoms with E-state index in [1.807, 2.05) is 0 Å². The first kappa shape index (κ1) is 8.11. The van der Waals surface area contributed by atoms with Crippen LogP contribution in [-0.2, 0) is 0 Å². The summed E-state index contributed by atoms with van der Waals surface area (Å²) in [4.78, 5) is 0. The Balaban J connectivity index is 2.34. The summed E-state index contributed by atoms with van der Waals surface area (Å²) >= 11 is 0. The molecule has 3 N–H and O–H groups in total. The molecule has 2 rings (SSSR count). The van der Waals surface area contributed by atoms with Crippen molar-refractivity contribution >= 4 is 5.82 Å². The number of nitrogen functional groups attached to an aromatic ring is 1. The number of aromatic amines is 1. The van der Waals surface area contributed by atoms with Gasteiger partial charge in [-0.2, -0.15) is 10.4 Å². The van der Waals surface area contributed by atoms with Crippen LogP contribution < -0.4 is 5.73 Å². The maximum Gasteiger partial charge on any atom is 0.163 e. The number of nitrogens with two attached hydrogens (primary N) is 1. The van der Waals surface area contributed by atoms with Crippen LogP contribution in [0.25, 0.3) is 0 Å². The number of nitrogens with zero attached hydrogens (tertiary/aromatic N) is 2. The van der Waals surface area contributed by atoms with Crippen molar-refractivity contribution in [3.8, 4) is 6.07 Å². The second-order valence-electron chi connectivity index (χ2n) is 3.49. The number of hydrogen-bond acceptors (Lipinski definition) is 3. The molecule has 4 nitrogen and oxygen atoms in total. The highest BCUT2D eigenvalue weighted by molar-refractivity contribution is 5.52. The number of rotatable bonds is 1. The Morgan fingerprint density at radius 2 is 2.15 bits per heavy atom. The average Bonchev–Trinajstić information content (AvgIpc) is 2.71. The smallest absolute Gasteiger partial charge is 0.163 e. The van der Waals surface area contributed by atoms with Gasteiger partial charge >= 0.3 is 0 Å². The predicted octanol–water partition coefficient (Wildman–Crippen LogP) is 1.52. The van der Waals surface area contributed by atoms with E-state index >= 15 is 0 Å². The molecule has 1 aromatic heterocycles. The molecule has 1 fully saturated rings. The lowest BCUT2D eigenvalue weighted by atomic mass is 10.0. The van der Waals surface area contributed by atoms with E-state index in [1.54, 1.807) is 0 Å². The van der Waals surface area contributed by atoms with Gasteiger partial charge in [0.1, 0.15) is 11.6 Å². The van der Waals surface area contributed by atoms with Crippen LogP contribution >= 0.6 is 0 Å². The van der Waals surface area contributed by atoms with E-state index in [4.69, 9.17) is 11.0 Å². The van der Waals surface area contributed by atoms with Crippen LogP contribution in [0.5, 0.6) is 0 Å². The van der Waals surface area contributed by atoms with Crippen molar-refractivity contribution < 1.29 is 0 Å². The van der Waals surface area contributed by atoms with Crippen LogP contribution in [0.15, 0.2) is 0 Å². The number of aromatic nitrogens is 2. The summed E-state index contributed by atoms with van der Waals surface area (Å²) < 4.78 is 0. The summed E-state index contributed by atoms with van der Waals surface area (Å²) in [6.07, 6.45) is 4.79. The number of nitrogens with one attached hydrogen (secondary N) is 1. The van der Waals surface area contributed by atoms with Crippen LogP contribution in [0, 0.1) is 11.3 Å². The molecule has 1 saturated carbocycles. The Labute approximate surface area is 76.7 Å². The molecule has 1 aliphatic carbocycles. The lowest BCUT2D eigenvalue weighted by Crippen LogP contribution is -1.96. The Hall–Kier alpha value is -1.50. The Kier molecular flexibility index (Phi) is 1.93. The molecule has 0 unspecified atom stereocenters. The van der Waals surface area contributed by atoms with E-state index in [2.05, 4.69) is 16.3 Å². The van der Waals surface area contributed by atoms with Gasteiger partial charge in [0.25, 0.3) is 0 Å². The average molecular weight is 176 g/mol. The largest absolute Gasteiger partial charge is 0.381 e. The van der Waals surface area contributed by atoms with E-state index in [0.717, 1.165) is 18.5 Å². The van der Waals surface area contributed by atoms with Crippen LogP contribution in [0.3, 0.4) is 0 Å². The van der Waals surface area contributed by atoms with Gasteiger partial charge in [0.2, 0.25) is 0 Å². The summed E-state index contributed by atoms with van der Waals surface area (Å²) in [5, 5.41) is 15.6. The minimum absolute atomic E-state index is 0.337. The highest BCUT2D eigenvalue weighted by Crippen LogP contribution is 2.35. The van der Waals surface area contributed by atoms with Gasteiger partial charge < -0.3 is 5.73 Å². The van der Waals surface area contributed by atoms with E-state index in [9.17, 15) is 0 Å². The summed E-state index contributed by atoms with van der Waals surface area (Å²) in [7, 11) is 0. The van der Waals surface area contributed by atoms with Crippen molar-refractivity contribution in [1.82, 2.24) is 10.2 Å². The molecular weight excluding hydrogens is 164 g/mol. The minimum atomic E-state index is 0.337. The Bertz CT molecular complexity index is 341. The fourth-order valence-electron chi connectivity index (χ4n) is 2.00. The molecule has 68 valence electrons. The van der Waals surface area contributed by atoms with Gasteiger partial charge in [0, 0.05) is 5.92 Å². The zero-order valence-corrected chi connectivity index (χ0v) is 7.38. The summed E-state index contributed by atoms with van der Waals surface area (Å²) in [6.45, 7) is 0. The molecule has 1 heterocycles. The third-order valence-electron chi connectivity index (χ3n) is 2.70. The topological polar surface area (TPSA) is 78.5 Å². The fourth-order valence-corrected chi connectivity index (χ4v) is 2.00. The van der Waals surface area contributed by atoms with Crippen LogP contribution in [-0.4, -0.2) is 10.2 Å². The standard InChI is InChI=1S/C9H12N4/c10-5-7-8(12-13-9(7)11)6-3-1-2-4-6/h6H,1-4H2,(H3,11,12,13). The van der Waals surface area contributed by atoms with Gasteiger partial charge in [-0.05, 0) is 12.8 Å². The highest BCUT2D eigenvalue weighted by Gasteiger charge is 2.23. The molecular formula is C9H12N4. The zero-order valence-electron chi connectivity index (χ0n) is 7.38. The monoisotopic (exact) mass is 176 g/mol. The Morgan fingerprint density at radius 3 is 2.77 bits per heavy atom. The molecule has 0 aliphatic heterocycles. The van der Waals surface area contributed by atoms with E-state index in [0.29, 0.717) is 17.3 Å². The summed E-state index contributed by atoms with van der Waals surface area (Å²) in [6, 6.07) is 2.10. The minimum Gasteiger partial charge on any atom is -0.381 e. The van der Waals surface area contributed by atoms with Crippen LogP contribution in [0.1, 0.15) is 42.9 Å². The molecule has 0 amide bonds. The third kappa shape index (κ3) is 1.26. The number of anilines is 1. The van der Waals surface area contributed by atoms with E-state index < -0.39 is 0 Å². The van der Waals surface area contributed by atoms with Crippen molar-refractivity contribution in [3.63, 3.8) is 0 Å². The molecule has 0 saturated heterocycles. The highest BCUT2D eigenvalue weighted by atomic mass is 15.2. The molecule has 13 heavy (non-hydrogen) atoms. The molecule has 1 aromatic rings. The molecule has 0 aromatic carbocycles. The molecule has 0 atom stereocenters. The molecule has 0 spiro atoms. The van der Waals surface area contributed by atoms with Crippen molar-refractivity contribution in [1.29, 1.82) is 5.26 Å². The van der Waals surface area contributed by atoms with Gasteiger partial charge in [-0.1, -0.05) is 12.8 Å². The number of H-pyrrole nitrogens is 1. The van der Waals surface area contributed by atoms with E-state index in [-0.39, 0.29) is 0 Å². The lowest BCUT2D eigenvalue weighted by Gasteiger charge is -2.04. The van der Waals surface area contributed by atoms with Crippen LogP contribution in [0.4, 0.5) is 5.82 Å². The quantitative estimate of drug-likeness (QED) is 0.680. The number of hydrogen-bond donors (Lipinski definition) is 2. The molecule has 0 bridgehead atoms. The molecule has 4 heteroatoms.